The summed E-state index contributed by atoms with van der Waals surface area (Å²) in [5, 5.41) is 0. The Morgan fingerprint density at radius 3 is 2.62 bits per heavy atom. The zero-order valence-corrected chi connectivity index (χ0v) is 8.48. The maximum absolute atomic E-state index is 2.39. The summed E-state index contributed by atoms with van der Waals surface area (Å²) in [5.74, 6) is 3.07. The fourth-order valence-corrected chi connectivity index (χ4v) is 2.53. The van der Waals surface area contributed by atoms with E-state index in [1.807, 2.05) is 0 Å². The van der Waals surface area contributed by atoms with Crippen molar-refractivity contribution in [1.29, 1.82) is 0 Å². The van der Waals surface area contributed by atoms with Gasteiger partial charge in [0.1, 0.15) is 0 Å². The largest absolute Gasteiger partial charge is 0.0876 e. The summed E-state index contributed by atoms with van der Waals surface area (Å²) in [6.07, 6.45) is 15.1. The first kappa shape index (κ1) is 8.80. The predicted molar refractivity (Wildman–Crippen MR) is 57.3 cm³/mol. The maximum Gasteiger partial charge on any atom is 0.00155 e. The van der Waals surface area contributed by atoms with Gasteiger partial charge in [0.2, 0.25) is 0 Å². The third-order valence-electron chi connectivity index (χ3n) is 3.34. The molecule has 2 aliphatic rings. The van der Waals surface area contributed by atoms with Crippen LogP contribution in [0.4, 0.5) is 0 Å². The van der Waals surface area contributed by atoms with Crippen LogP contribution in [0.3, 0.4) is 0 Å². The molecule has 0 saturated carbocycles. The van der Waals surface area contributed by atoms with Gasteiger partial charge in [-0.2, -0.15) is 0 Å². The Morgan fingerprint density at radius 1 is 1.08 bits per heavy atom. The van der Waals surface area contributed by atoms with Crippen LogP contribution in [0.15, 0.2) is 36.5 Å². The van der Waals surface area contributed by atoms with Gasteiger partial charge in [0, 0.05) is 5.92 Å². The van der Waals surface area contributed by atoms with Gasteiger partial charge in [-0.25, -0.2) is 0 Å². The summed E-state index contributed by atoms with van der Waals surface area (Å²) in [5.41, 5.74) is 0. The molecule has 0 aromatic rings. The van der Waals surface area contributed by atoms with E-state index in [0.29, 0.717) is 5.92 Å². The molecule has 0 radical (unpaired) electrons. The van der Waals surface area contributed by atoms with Crippen molar-refractivity contribution in [2.24, 2.45) is 23.7 Å². The summed E-state index contributed by atoms with van der Waals surface area (Å²) in [7, 11) is 0. The summed E-state index contributed by atoms with van der Waals surface area (Å²) in [4.78, 5) is 0. The van der Waals surface area contributed by atoms with Crippen LogP contribution < -0.4 is 0 Å². The third kappa shape index (κ3) is 1.63. The molecule has 0 aromatic heterocycles. The van der Waals surface area contributed by atoms with Crippen LogP contribution in [0, 0.1) is 23.7 Å². The first-order valence-corrected chi connectivity index (χ1v) is 5.30. The lowest BCUT2D eigenvalue weighted by Crippen LogP contribution is -2.27. The van der Waals surface area contributed by atoms with Gasteiger partial charge in [0.15, 0.2) is 0 Å². The third-order valence-corrected chi connectivity index (χ3v) is 3.34. The lowest BCUT2D eigenvalue weighted by molar-refractivity contribution is 0.257. The van der Waals surface area contributed by atoms with Gasteiger partial charge in [-0.05, 0) is 24.2 Å². The van der Waals surface area contributed by atoms with E-state index in [2.05, 4.69) is 50.3 Å². The molecule has 13 heavy (non-hydrogen) atoms. The van der Waals surface area contributed by atoms with Crippen LogP contribution in [0.1, 0.15) is 20.3 Å². The van der Waals surface area contributed by atoms with Crippen LogP contribution in [0.2, 0.25) is 0 Å². The first-order valence-electron chi connectivity index (χ1n) is 5.30. The van der Waals surface area contributed by atoms with Crippen molar-refractivity contribution >= 4 is 0 Å². The van der Waals surface area contributed by atoms with Crippen molar-refractivity contribution in [3.8, 4) is 0 Å². The van der Waals surface area contributed by atoms with Crippen LogP contribution in [-0.2, 0) is 0 Å². The average Bonchev–Trinajstić information content (AvgIpc) is 2.17. The highest BCUT2D eigenvalue weighted by Gasteiger charge is 2.29. The molecule has 0 N–H and O–H groups in total. The molecule has 70 valence electrons. The quantitative estimate of drug-likeness (QED) is 0.533. The average molecular weight is 174 g/mol. The Balaban J connectivity index is 2.21. The zero-order chi connectivity index (χ0) is 9.26. The van der Waals surface area contributed by atoms with Crippen LogP contribution in [-0.4, -0.2) is 0 Å². The molecule has 0 saturated heterocycles. The minimum Gasteiger partial charge on any atom is -0.0876 e. The second-order valence-electron chi connectivity index (χ2n) is 4.50. The number of rotatable bonds is 1. The van der Waals surface area contributed by atoms with Crippen LogP contribution >= 0.6 is 0 Å². The van der Waals surface area contributed by atoms with E-state index in [-0.39, 0.29) is 0 Å². The van der Waals surface area contributed by atoms with Gasteiger partial charge in [-0.3, -0.25) is 0 Å². The Morgan fingerprint density at radius 2 is 1.85 bits per heavy atom. The van der Waals surface area contributed by atoms with E-state index in [1.165, 1.54) is 6.42 Å². The Bertz CT molecular complexity index is 255. The molecule has 2 aliphatic carbocycles. The summed E-state index contributed by atoms with van der Waals surface area (Å²) in [6.45, 7) is 4.68. The van der Waals surface area contributed by atoms with Crippen LogP contribution in [0.5, 0.6) is 0 Å². The normalized spacial score (nSPS) is 36.7. The highest BCUT2D eigenvalue weighted by molar-refractivity contribution is 5.22. The van der Waals surface area contributed by atoms with E-state index in [9.17, 15) is 0 Å². The number of allylic oxidation sites excluding steroid dienone is 6. The summed E-state index contributed by atoms with van der Waals surface area (Å²) in [6, 6.07) is 0. The maximum atomic E-state index is 2.39. The molecule has 0 heteroatoms. The first-order chi connectivity index (χ1) is 6.29. The smallest absolute Gasteiger partial charge is 0.00155 e. The molecule has 0 aliphatic heterocycles. The van der Waals surface area contributed by atoms with Gasteiger partial charge in [-0.15, -0.1) is 0 Å². The fraction of sp³-hybridized carbons (Fsp3) is 0.538. The summed E-state index contributed by atoms with van der Waals surface area (Å²) >= 11 is 0. The molecule has 0 spiro atoms. The van der Waals surface area contributed by atoms with Crippen molar-refractivity contribution in [1.82, 2.24) is 0 Å². The standard InChI is InChI=1S/C13H18/c1-10(2)12-9-5-7-11-6-3-4-8-13(11)12/h3-8,10-13H,9H2,1-2H3. The number of hydrogen-bond donors (Lipinski definition) is 0. The lowest BCUT2D eigenvalue weighted by atomic mass is 9.70. The Kier molecular flexibility index (Phi) is 2.39. The highest BCUT2D eigenvalue weighted by Crippen LogP contribution is 2.38. The molecule has 2 rings (SSSR count). The van der Waals surface area contributed by atoms with Crippen molar-refractivity contribution in [3.05, 3.63) is 36.5 Å². The molecule has 0 fully saturated rings. The van der Waals surface area contributed by atoms with Crippen molar-refractivity contribution in [2.45, 2.75) is 20.3 Å². The Labute approximate surface area is 81.0 Å². The highest BCUT2D eigenvalue weighted by atomic mass is 14.3. The van der Waals surface area contributed by atoms with Crippen molar-refractivity contribution in [2.75, 3.05) is 0 Å². The van der Waals surface area contributed by atoms with E-state index >= 15 is 0 Å². The second-order valence-corrected chi connectivity index (χ2v) is 4.50. The zero-order valence-electron chi connectivity index (χ0n) is 8.48. The van der Waals surface area contributed by atoms with Crippen molar-refractivity contribution < 1.29 is 0 Å². The monoisotopic (exact) mass is 174 g/mol. The molecular weight excluding hydrogens is 156 g/mol. The predicted octanol–water partition coefficient (Wildman–Crippen LogP) is 3.58. The Hall–Kier alpha value is -0.780. The van der Waals surface area contributed by atoms with E-state index in [0.717, 1.165) is 17.8 Å². The van der Waals surface area contributed by atoms with E-state index < -0.39 is 0 Å². The molecule has 0 aromatic carbocycles. The van der Waals surface area contributed by atoms with E-state index in [1.54, 1.807) is 0 Å². The van der Waals surface area contributed by atoms with Gasteiger partial charge in [0.25, 0.3) is 0 Å². The molecule has 3 atom stereocenters. The number of fused-ring (bicyclic) bond motifs is 1. The van der Waals surface area contributed by atoms with Crippen LogP contribution in [0.25, 0.3) is 0 Å². The molecule has 0 heterocycles. The van der Waals surface area contributed by atoms with Gasteiger partial charge >= 0.3 is 0 Å². The topological polar surface area (TPSA) is 0 Å². The molecule has 0 amide bonds. The van der Waals surface area contributed by atoms with Gasteiger partial charge in [0.05, 0.1) is 0 Å². The summed E-state index contributed by atoms with van der Waals surface area (Å²) < 4.78 is 0. The minimum atomic E-state index is 0.672. The molecular formula is C13H18. The molecule has 3 unspecified atom stereocenters. The van der Waals surface area contributed by atoms with Crippen molar-refractivity contribution in [3.63, 3.8) is 0 Å². The van der Waals surface area contributed by atoms with E-state index in [4.69, 9.17) is 0 Å². The molecule has 0 nitrogen and oxygen atoms in total. The minimum absolute atomic E-state index is 0.672. The second kappa shape index (κ2) is 3.53. The SMILES string of the molecule is CC(C)C1CC=CC2C=CC=CC21. The van der Waals surface area contributed by atoms with Gasteiger partial charge < -0.3 is 0 Å². The fourth-order valence-electron chi connectivity index (χ4n) is 2.53. The van der Waals surface area contributed by atoms with Gasteiger partial charge in [-0.1, -0.05) is 50.3 Å². The lowest BCUT2D eigenvalue weighted by Gasteiger charge is -2.35. The molecule has 0 bridgehead atoms. The number of hydrogen-bond acceptors (Lipinski definition) is 0.